The molecule has 1 N–H and O–H groups in total. The summed E-state index contributed by atoms with van der Waals surface area (Å²) in [4.78, 5) is 0.788. The third kappa shape index (κ3) is 2.36. The molecule has 100 valence electrons. The molecule has 0 fully saturated rings. The zero-order chi connectivity index (χ0) is 13.3. The first-order valence-electron chi connectivity index (χ1n) is 6.49. The summed E-state index contributed by atoms with van der Waals surface area (Å²) in [6.07, 6.45) is 1.03. The standard InChI is InChI=1S/C14H20FNOS/c1-4-7-16-14-9(2)10(3)18(17)13-6-5-11(15)8-12(13)14/h5-6,8-10,14,16H,4,7H2,1-3H3. The normalized spacial score (nSPS) is 31.1. The Morgan fingerprint density at radius 1 is 1.39 bits per heavy atom. The highest BCUT2D eigenvalue weighted by Gasteiger charge is 2.36. The average Bonchev–Trinajstić information content (AvgIpc) is 2.36. The second-order valence-corrected chi connectivity index (χ2v) is 6.75. The fourth-order valence-electron chi connectivity index (χ4n) is 2.49. The van der Waals surface area contributed by atoms with Crippen LogP contribution in [0.3, 0.4) is 0 Å². The fourth-order valence-corrected chi connectivity index (χ4v) is 4.06. The van der Waals surface area contributed by atoms with Crippen molar-refractivity contribution in [1.29, 1.82) is 0 Å². The highest BCUT2D eigenvalue weighted by Crippen LogP contribution is 2.38. The summed E-state index contributed by atoms with van der Waals surface area (Å²) in [5.41, 5.74) is 0.868. The largest absolute Gasteiger partial charge is 0.310 e. The van der Waals surface area contributed by atoms with Crippen molar-refractivity contribution >= 4 is 10.8 Å². The van der Waals surface area contributed by atoms with Crippen LogP contribution in [0.15, 0.2) is 23.1 Å². The summed E-state index contributed by atoms with van der Waals surface area (Å²) in [7, 11) is -1.03. The van der Waals surface area contributed by atoms with Crippen molar-refractivity contribution in [3.8, 4) is 0 Å². The van der Waals surface area contributed by atoms with E-state index in [1.807, 2.05) is 6.92 Å². The van der Waals surface area contributed by atoms with E-state index in [-0.39, 0.29) is 23.0 Å². The van der Waals surface area contributed by atoms with E-state index in [0.29, 0.717) is 0 Å². The van der Waals surface area contributed by atoms with E-state index in [0.717, 1.165) is 23.4 Å². The second-order valence-electron chi connectivity index (χ2n) is 4.98. The average molecular weight is 269 g/mol. The molecule has 4 atom stereocenters. The van der Waals surface area contributed by atoms with Gasteiger partial charge in [-0.1, -0.05) is 20.8 Å². The number of hydrogen-bond donors (Lipinski definition) is 1. The molecule has 0 aromatic heterocycles. The molecule has 0 radical (unpaired) electrons. The number of rotatable bonds is 3. The first kappa shape index (κ1) is 13.7. The van der Waals surface area contributed by atoms with Gasteiger partial charge in [0, 0.05) is 16.2 Å². The summed E-state index contributed by atoms with van der Waals surface area (Å²) in [6, 6.07) is 4.70. The summed E-state index contributed by atoms with van der Waals surface area (Å²) in [5.74, 6) is -0.0116. The van der Waals surface area contributed by atoms with Crippen LogP contribution in [0.2, 0.25) is 0 Å². The van der Waals surface area contributed by atoms with Gasteiger partial charge in [0.25, 0.3) is 0 Å². The minimum Gasteiger partial charge on any atom is -0.310 e. The van der Waals surface area contributed by atoms with E-state index in [4.69, 9.17) is 0 Å². The van der Waals surface area contributed by atoms with Gasteiger partial charge in [-0.05, 0) is 42.6 Å². The molecule has 1 aliphatic heterocycles. The molecule has 0 amide bonds. The molecule has 0 aliphatic carbocycles. The lowest BCUT2D eigenvalue weighted by atomic mass is 9.91. The summed E-state index contributed by atoms with van der Waals surface area (Å²) >= 11 is 0. The third-order valence-corrected chi connectivity index (χ3v) is 5.65. The van der Waals surface area contributed by atoms with Crippen LogP contribution in [-0.2, 0) is 10.8 Å². The zero-order valence-corrected chi connectivity index (χ0v) is 11.9. The van der Waals surface area contributed by atoms with Crippen LogP contribution in [0.25, 0.3) is 0 Å². The van der Waals surface area contributed by atoms with Crippen LogP contribution in [0.1, 0.15) is 38.8 Å². The van der Waals surface area contributed by atoms with Gasteiger partial charge in [-0.2, -0.15) is 0 Å². The van der Waals surface area contributed by atoms with Gasteiger partial charge in [0.1, 0.15) is 5.82 Å². The number of halogens is 1. The molecule has 2 nitrogen and oxygen atoms in total. The number of nitrogens with one attached hydrogen (secondary N) is 1. The van der Waals surface area contributed by atoms with Crippen molar-refractivity contribution < 1.29 is 8.60 Å². The summed E-state index contributed by atoms with van der Waals surface area (Å²) in [5, 5.41) is 3.55. The Balaban J connectivity index is 2.44. The SMILES string of the molecule is CCCNC1c2cc(F)ccc2S(=O)C(C)C1C. The maximum atomic E-state index is 13.4. The number of benzene rings is 1. The molecule has 0 saturated carbocycles. The third-order valence-electron chi connectivity index (χ3n) is 3.74. The minimum atomic E-state index is -1.03. The van der Waals surface area contributed by atoms with Crippen LogP contribution in [-0.4, -0.2) is 16.0 Å². The maximum absolute atomic E-state index is 13.4. The van der Waals surface area contributed by atoms with Gasteiger partial charge in [-0.25, -0.2) is 4.39 Å². The quantitative estimate of drug-likeness (QED) is 0.914. The molecule has 1 aliphatic rings. The highest BCUT2D eigenvalue weighted by atomic mass is 32.2. The number of hydrogen-bond acceptors (Lipinski definition) is 2. The predicted molar refractivity (Wildman–Crippen MR) is 72.5 cm³/mol. The van der Waals surface area contributed by atoms with Crippen molar-refractivity contribution in [1.82, 2.24) is 5.32 Å². The molecule has 4 unspecified atom stereocenters. The molecule has 1 aromatic carbocycles. The first-order chi connectivity index (χ1) is 8.56. The van der Waals surface area contributed by atoms with Gasteiger partial charge in [-0.3, -0.25) is 4.21 Å². The topological polar surface area (TPSA) is 29.1 Å². The maximum Gasteiger partial charge on any atom is 0.123 e. The van der Waals surface area contributed by atoms with E-state index in [1.54, 1.807) is 6.07 Å². The van der Waals surface area contributed by atoms with Crippen LogP contribution in [0.5, 0.6) is 0 Å². The Bertz CT molecular complexity index is 463. The van der Waals surface area contributed by atoms with E-state index in [2.05, 4.69) is 19.2 Å². The van der Waals surface area contributed by atoms with E-state index < -0.39 is 10.8 Å². The Morgan fingerprint density at radius 2 is 2.11 bits per heavy atom. The summed E-state index contributed by atoms with van der Waals surface area (Å²) < 4.78 is 25.7. The van der Waals surface area contributed by atoms with E-state index in [9.17, 15) is 8.60 Å². The smallest absolute Gasteiger partial charge is 0.123 e. The van der Waals surface area contributed by atoms with Crippen LogP contribution in [0.4, 0.5) is 4.39 Å². The monoisotopic (exact) mass is 269 g/mol. The molecule has 2 rings (SSSR count). The van der Waals surface area contributed by atoms with Crippen LogP contribution in [0, 0.1) is 11.7 Å². The van der Waals surface area contributed by atoms with Crippen molar-refractivity contribution in [2.75, 3.05) is 6.54 Å². The van der Waals surface area contributed by atoms with Crippen molar-refractivity contribution in [3.05, 3.63) is 29.6 Å². The molecule has 18 heavy (non-hydrogen) atoms. The fraction of sp³-hybridized carbons (Fsp3) is 0.571. The van der Waals surface area contributed by atoms with Crippen LogP contribution >= 0.6 is 0 Å². The molecule has 1 heterocycles. The number of fused-ring (bicyclic) bond motifs is 1. The van der Waals surface area contributed by atoms with Gasteiger partial charge >= 0.3 is 0 Å². The lowest BCUT2D eigenvalue weighted by Gasteiger charge is -2.36. The molecule has 1 aromatic rings. The Hall–Kier alpha value is -0.740. The van der Waals surface area contributed by atoms with Gasteiger partial charge in [0.05, 0.1) is 10.8 Å². The Morgan fingerprint density at radius 3 is 2.78 bits per heavy atom. The van der Waals surface area contributed by atoms with Crippen molar-refractivity contribution in [2.24, 2.45) is 5.92 Å². The molecule has 4 heteroatoms. The van der Waals surface area contributed by atoms with Gasteiger partial charge in [-0.15, -0.1) is 0 Å². The molecular weight excluding hydrogens is 249 g/mol. The van der Waals surface area contributed by atoms with E-state index in [1.165, 1.54) is 12.1 Å². The van der Waals surface area contributed by atoms with Gasteiger partial charge in [0.2, 0.25) is 0 Å². The Labute approximate surface area is 110 Å². The predicted octanol–water partition coefficient (Wildman–Crippen LogP) is 3.01. The molecular formula is C14H20FNOS. The summed E-state index contributed by atoms with van der Waals surface area (Å²) in [6.45, 7) is 7.09. The van der Waals surface area contributed by atoms with Crippen molar-refractivity contribution in [3.63, 3.8) is 0 Å². The lowest BCUT2D eigenvalue weighted by Crippen LogP contribution is -2.39. The van der Waals surface area contributed by atoms with Gasteiger partial charge < -0.3 is 5.32 Å². The zero-order valence-electron chi connectivity index (χ0n) is 11.1. The molecule has 0 spiro atoms. The first-order valence-corrected chi connectivity index (χ1v) is 7.71. The Kier molecular flexibility index (Phi) is 4.17. The van der Waals surface area contributed by atoms with Crippen LogP contribution < -0.4 is 5.32 Å². The molecule has 0 bridgehead atoms. The van der Waals surface area contributed by atoms with Crippen molar-refractivity contribution in [2.45, 2.75) is 43.4 Å². The lowest BCUT2D eigenvalue weighted by molar-refractivity contribution is 0.365. The van der Waals surface area contributed by atoms with E-state index >= 15 is 0 Å². The second kappa shape index (κ2) is 5.49. The highest BCUT2D eigenvalue weighted by molar-refractivity contribution is 7.85. The molecule has 0 saturated heterocycles. The minimum absolute atomic E-state index is 0.0947. The van der Waals surface area contributed by atoms with Gasteiger partial charge in [0.15, 0.2) is 0 Å².